The molecule has 0 spiro atoms. The van der Waals surface area contributed by atoms with Gasteiger partial charge in [-0.1, -0.05) is 46.9 Å². The highest BCUT2D eigenvalue weighted by molar-refractivity contribution is 6.33. The van der Waals surface area contributed by atoms with E-state index in [2.05, 4.69) is 0 Å². The summed E-state index contributed by atoms with van der Waals surface area (Å²) < 4.78 is 13.9. The van der Waals surface area contributed by atoms with Crippen LogP contribution in [0.2, 0.25) is 15.1 Å². The average Bonchev–Trinajstić information content (AvgIpc) is 2.37. The molecule has 0 aromatic heterocycles. The van der Waals surface area contributed by atoms with Gasteiger partial charge in [0.2, 0.25) is 0 Å². The van der Waals surface area contributed by atoms with Gasteiger partial charge >= 0.3 is 0 Å². The van der Waals surface area contributed by atoms with E-state index in [0.29, 0.717) is 22.0 Å². The highest BCUT2D eigenvalue weighted by Gasteiger charge is 2.15. The number of hydrogen-bond acceptors (Lipinski definition) is 1. The summed E-state index contributed by atoms with van der Waals surface area (Å²) in [4.78, 5) is 0. The van der Waals surface area contributed by atoms with Gasteiger partial charge in [0.05, 0.1) is 5.02 Å². The van der Waals surface area contributed by atoms with Crippen molar-refractivity contribution in [3.05, 3.63) is 68.4 Å². The Morgan fingerprint density at radius 1 is 1.05 bits per heavy atom. The van der Waals surface area contributed by atoms with Crippen LogP contribution < -0.4 is 5.73 Å². The first-order chi connectivity index (χ1) is 8.99. The van der Waals surface area contributed by atoms with Crippen molar-refractivity contribution < 1.29 is 4.39 Å². The Balaban J connectivity index is 2.28. The van der Waals surface area contributed by atoms with Crippen LogP contribution in [0.4, 0.5) is 4.39 Å². The van der Waals surface area contributed by atoms with Crippen molar-refractivity contribution in [1.29, 1.82) is 0 Å². The predicted molar refractivity (Wildman–Crippen MR) is 78.5 cm³/mol. The fourth-order valence-electron chi connectivity index (χ4n) is 1.85. The van der Waals surface area contributed by atoms with Gasteiger partial charge in [-0.3, -0.25) is 0 Å². The van der Waals surface area contributed by atoms with Crippen LogP contribution in [0.1, 0.15) is 17.2 Å². The molecule has 2 aromatic carbocycles. The summed E-state index contributed by atoms with van der Waals surface area (Å²) in [5, 5.41) is 1.19. The average molecular weight is 319 g/mol. The van der Waals surface area contributed by atoms with E-state index in [4.69, 9.17) is 40.5 Å². The Morgan fingerprint density at radius 3 is 2.53 bits per heavy atom. The predicted octanol–water partition coefficient (Wildman–Crippen LogP) is 5.03. The number of hydrogen-bond donors (Lipinski definition) is 1. The molecule has 0 saturated carbocycles. The fourth-order valence-corrected chi connectivity index (χ4v) is 2.42. The number of halogens is 4. The molecule has 2 N–H and O–H groups in total. The lowest BCUT2D eigenvalue weighted by Crippen LogP contribution is -2.15. The van der Waals surface area contributed by atoms with Crippen LogP contribution in [0.5, 0.6) is 0 Å². The van der Waals surface area contributed by atoms with Crippen LogP contribution in [-0.4, -0.2) is 0 Å². The number of nitrogens with two attached hydrogens (primary N) is 1. The minimum absolute atomic E-state index is 0.0603. The number of rotatable bonds is 3. The molecule has 1 nitrogen and oxygen atoms in total. The van der Waals surface area contributed by atoms with E-state index < -0.39 is 11.9 Å². The van der Waals surface area contributed by atoms with Gasteiger partial charge in [0.25, 0.3) is 0 Å². The molecule has 2 aromatic rings. The van der Waals surface area contributed by atoms with Crippen LogP contribution in [0.25, 0.3) is 0 Å². The van der Waals surface area contributed by atoms with E-state index in [0.717, 1.165) is 5.56 Å². The molecule has 0 amide bonds. The van der Waals surface area contributed by atoms with E-state index in [1.165, 1.54) is 6.07 Å². The second-order valence-electron chi connectivity index (χ2n) is 4.19. The maximum Gasteiger partial charge on any atom is 0.146 e. The Bertz CT molecular complexity index is 601. The maximum absolute atomic E-state index is 13.9. The van der Waals surface area contributed by atoms with Gasteiger partial charge in [0.1, 0.15) is 5.82 Å². The molecular weight excluding hydrogens is 308 g/mol. The highest BCUT2D eigenvalue weighted by Crippen LogP contribution is 2.28. The van der Waals surface area contributed by atoms with Crippen molar-refractivity contribution in [2.75, 3.05) is 0 Å². The zero-order valence-corrected chi connectivity index (χ0v) is 12.1. The van der Waals surface area contributed by atoms with Gasteiger partial charge in [-0.2, -0.15) is 0 Å². The van der Waals surface area contributed by atoms with Crippen LogP contribution in [0.3, 0.4) is 0 Å². The van der Waals surface area contributed by atoms with Crippen LogP contribution in [0, 0.1) is 5.82 Å². The van der Waals surface area contributed by atoms with Crippen molar-refractivity contribution >= 4 is 34.8 Å². The van der Waals surface area contributed by atoms with Crippen LogP contribution in [-0.2, 0) is 6.42 Å². The summed E-state index contributed by atoms with van der Waals surface area (Å²) in [6.45, 7) is 0. The molecule has 2 rings (SSSR count). The smallest absolute Gasteiger partial charge is 0.146 e. The Morgan fingerprint density at radius 2 is 1.79 bits per heavy atom. The largest absolute Gasteiger partial charge is 0.324 e. The molecular formula is C14H11Cl3FN. The highest BCUT2D eigenvalue weighted by atomic mass is 35.5. The molecule has 1 atom stereocenters. The van der Waals surface area contributed by atoms with Gasteiger partial charge < -0.3 is 5.73 Å². The zero-order chi connectivity index (χ0) is 14.0. The Kier molecular flexibility index (Phi) is 4.69. The first-order valence-electron chi connectivity index (χ1n) is 5.62. The summed E-state index contributed by atoms with van der Waals surface area (Å²) in [5.74, 6) is -0.491. The first kappa shape index (κ1) is 14.6. The molecule has 0 aliphatic carbocycles. The standard InChI is InChI=1S/C14H11Cl3FN/c15-9-4-5-11(16)8(6-9)7-13(19)10-2-1-3-12(17)14(10)18/h1-6,13H,7,19H2. The van der Waals surface area contributed by atoms with Gasteiger partial charge in [0, 0.05) is 21.7 Å². The van der Waals surface area contributed by atoms with E-state index >= 15 is 0 Å². The summed E-state index contributed by atoms with van der Waals surface area (Å²) in [7, 11) is 0. The summed E-state index contributed by atoms with van der Waals surface area (Å²) in [6.07, 6.45) is 0.386. The molecule has 0 saturated heterocycles. The van der Waals surface area contributed by atoms with E-state index in [1.807, 2.05) is 0 Å². The van der Waals surface area contributed by atoms with Crippen LogP contribution >= 0.6 is 34.8 Å². The van der Waals surface area contributed by atoms with Crippen molar-refractivity contribution in [3.63, 3.8) is 0 Å². The quantitative estimate of drug-likeness (QED) is 0.844. The fraction of sp³-hybridized carbons (Fsp3) is 0.143. The van der Waals surface area contributed by atoms with Gasteiger partial charge in [-0.25, -0.2) is 4.39 Å². The summed E-state index contributed by atoms with van der Waals surface area (Å²) in [6, 6.07) is 9.35. The van der Waals surface area contributed by atoms with Crippen molar-refractivity contribution in [2.45, 2.75) is 12.5 Å². The van der Waals surface area contributed by atoms with Crippen molar-refractivity contribution in [1.82, 2.24) is 0 Å². The Hall–Kier alpha value is -0.800. The normalized spacial score (nSPS) is 12.5. The molecule has 19 heavy (non-hydrogen) atoms. The molecule has 0 aliphatic rings. The van der Waals surface area contributed by atoms with E-state index in [1.54, 1.807) is 30.3 Å². The third-order valence-corrected chi connectivity index (χ3v) is 3.72. The molecule has 0 bridgehead atoms. The molecule has 0 heterocycles. The summed E-state index contributed by atoms with van der Waals surface area (Å²) in [5.41, 5.74) is 7.16. The van der Waals surface area contributed by atoms with Crippen molar-refractivity contribution in [2.24, 2.45) is 5.73 Å². The molecule has 0 aliphatic heterocycles. The molecule has 100 valence electrons. The lowest BCUT2D eigenvalue weighted by molar-refractivity contribution is 0.581. The topological polar surface area (TPSA) is 26.0 Å². The Labute approximate surface area is 126 Å². The van der Waals surface area contributed by atoms with E-state index in [-0.39, 0.29) is 5.02 Å². The monoisotopic (exact) mass is 317 g/mol. The SMILES string of the molecule is NC(Cc1cc(Cl)ccc1Cl)c1cccc(Cl)c1F. The minimum atomic E-state index is -0.533. The molecule has 1 unspecified atom stereocenters. The van der Waals surface area contributed by atoms with Crippen molar-refractivity contribution in [3.8, 4) is 0 Å². The lowest BCUT2D eigenvalue weighted by Gasteiger charge is -2.15. The second-order valence-corrected chi connectivity index (χ2v) is 5.44. The van der Waals surface area contributed by atoms with Gasteiger partial charge in [0.15, 0.2) is 0 Å². The third-order valence-electron chi connectivity index (χ3n) is 2.83. The second kappa shape index (κ2) is 6.10. The molecule has 0 fully saturated rings. The number of benzene rings is 2. The maximum atomic E-state index is 13.9. The molecule has 5 heteroatoms. The third kappa shape index (κ3) is 3.40. The van der Waals surface area contributed by atoms with Gasteiger partial charge in [-0.15, -0.1) is 0 Å². The first-order valence-corrected chi connectivity index (χ1v) is 6.76. The van der Waals surface area contributed by atoms with Gasteiger partial charge in [-0.05, 0) is 36.2 Å². The lowest BCUT2D eigenvalue weighted by atomic mass is 9.99. The minimum Gasteiger partial charge on any atom is -0.324 e. The van der Waals surface area contributed by atoms with E-state index in [9.17, 15) is 4.39 Å². The molecule has 0 radical (unpaired) electrons. The summed E-state index contributed by atoms with van der Waals surface area (Å²) >= 11 is 17.7. The zero-order valence-electron chi connectivity index (χ0n) is 9.84. The van der Waals surface area contributed by atoms with Crippen LogP contribution in [0.15, 0.2) is 36.4 Å².